The van der Waals surface area contributed by atoms with Crippen molar-refractivity contribution < 1.29 is 14.3 Å². The van der Waals surface area contributed by atoms with E-state index in [4.69, 9.17) is 5.11 Å². The molecular formula is C11H9FN2O2. The zero-order valence-electron chi connectivity index (χ0n) is 8.27. The molecule has 1 heterocycles. The van der Waals surface area contributed by atoms with Crippen LogP contribution in [0.2, 0.25) is 0 Å². The average Bonchev–Trinajstić information content (AvgIpc) is 2.27. The van der Waals surface area contributed by atoms with Gasteiger partial charge < -0.3 is 10.4 Å². The zero-order chi connectivity index (χ0) is 11.5. The fourth-order valence-corrected chi connectivity index (χ4v) is 1.47. The summed E-state index contributed by atoms with van der Waals surface area (Å²) in [7, 11) is 0. The van der Waals surface area contributed by atoms with E-state index in [1.807, 2.05) is 0 Å². The maximum Gasteiger partial charge on any atom is 0.322 e. The van der Waals surface area contributed by atoms with Crippen molar-refractivity contribution in [3.63, 3.8) is 0 Å². The van der Waals surface area contributed by atoms with Crippen LogP contribution in [0.4, 0.5) is 10.2 Å². The number of nitrogens with zero attached hydrogens (tertiary/aromatic N) is 1. The van der Waals surface area contributed by atoms with E-state index in [0.29, 0.717) is 16.6 Å². The Balaban J connectivity index is 2.45. The maximum absolute atomic E-state index is 13.4. The average molecular weight is 220 g/mol. The first-order chi connectivity index (χ1) is 7.68. The summed E-state index contributed by atoms with van der Waals surface area (Å²) in [4.78, 5) is 14.4. The van der Waals surface area contributed by atoms with E-state index in [2.05, 4.69) is 10.3 Å². The Morgan fingerprint density at radius 1 is 1.38 bits per heavy atom. The number of aromatic nitrogens is 1. The van der Waals surface area contributed by atoms with E-state index >= 15 is 0 Å². The quantitative estimate of drug-likeness (QED) is 0.828. The van der Waals surface area contributed by atoms with Gasteiger partial charge in [-0.05, 0) is 12.1 Å². The molecule has 16 heavy (non-hydrogen) atoms. The van der Waals surface area contributed by atoms with Crippen LogP contribution in [-0.4, -0.2) is 22.6 Å². The second kappa shape index (κ2) is 4.14. The van der Waals surface area contributed by atoms with Gasteiger partial charge >= 0.3 is 5.97 Å². The van der Waals surface area contributed by atoms with E-state index in [0.717, 1.165) is 0 Å². The van der Waals surface area contributed by atoms with Crippen molar-refractivity contribution in [2.24, 2.45) is 0 Å². The number of hydrogen-bond donors (Lipinski definition) is 2. The highest BCUT2D eigenvalue weighted by Crippen LogP contribution is 2.22. The molecule has 0 spiro atoms. The number of fused-ring (bicyclic) bond motifs is 1. The molecule has 82 valence electrons. The minimum atomic E-state index is -0.991. The molecule has 0 bridgehead atoms. The van der Waals surface area contributed by atoms with Crippen LogP contribution >= 0.6 is 0 Å². The number of nitrogens with one attached hydrogen (secondary N) is 1. The number of halogens is 1. The molecule has 5 heteroatoms. The number of rotatable bonds is 3. The Bertz CT molecular complexity index is 542. The number of benzene rings is 1. The highest BCUT2D eigenvalue weighted by Gasteiger charge is 2.06. The lowest BCUT2D eigenvalue weighted by Gasteiger charge is -2.06. The number of hydrogen-bond acceptors (Lipinski definition) is 3. The van der Waals surface area contributed by atoms with Crippen LogP contribution < -0.4 is 5.32 Å². The van der Waals surface area contributed by atoms with Gasteiger partial charge in [0.15, 0.2) is 0 Å². The van der Waals surface area contributed by atoms with Gasteiger partial charge in [0.1, 0.15) is 18.2 Å². The summed E-state index contributed by atoms with van der Waals surface area (Å²) in [5, 5.41) is 12.2. The third-order valence-corrected chi connectivity index (χ3v) is 2.16. The minimum Gasteiger partial charge on any atom is -0.480 e. The second-order valence-corrected chi connectivity index (χ2v) is 3.24. The minimum absolute atomic E-state index is 0.247. The van der Waals surface area contributed by atoms with Crippen LogP contribution in [0.5, 0.6) is 0 Å². The van der Waals surface area contributed by atoms with E-state index < -0.39 is 5.97 Å². The number of anilines is 1. The Kier molecular flexibility index (Phi) is 2.68. The van der Waals surface area contributed by atoms with Crippen molar-refractivity contribution in [3.05, 3.63) is 36.3 Å². The fourth-order valence-electron chi connectivity index (χ4n) is 1.47. The SMILES string of the molecule is O=C(O)CNc1nccc2c(F)cccc12. The van der Waals surface area contributed by atoms with Crippen molar-refractivity contribution in [3.8, 4) is 0 Å². The van der Waals surface area contributed by atoms with Crippen LogP contribution in [0.25, 0.3) is 10.8 Å². The molecule has 0 unspecified atom stereocenters. The smallest absolute Gasteiger partial charge is 0.322 e. The summed E-state index contributed by atoms with van der Waals surface area (Å²) in [5.74, 6) is -0.965. The Morgan fingerprint density at radius 2 is 2.19 bits per heavy atom. The van der Waals surface area contributed by atoms with E-state index in [-0.39, 0.29) is 12.4 Å². The molecule has 0 saturated heterocycles. The highest BCUT2D eigenvalue weighted by molar-refractivity contribution is 5.92. The molecule has 0 aliphatic rings. The van der Waals surface area contributed by atoms with Crippen molar-refractivity contribution in [1.82, 2.24) is 4.98 Å². The van der Waals surface area contributed by atoms with Gasteiger partial charge in [-0.3, -0.25) is 4.79 Å². The first kappa shape index (κ1) is 10.4. The number of pyridine rings is 1. The maximum atomic E-state index is 13.4. The van der Waals surface area contributed by atoms with Crippen LogP contribution in [0.15, 0.2) is 30.5 Å². The van der Waals surface area contributed by atoms with Gasteiger partial charge in [0.05, 0.1) is 0 Å². The van der Waals surface area contributed by atoms with E-state index in [1.54, 1.807) is 18.2 Å². The standard InChI is InChI=1S/C11H9FN2O2/c12-9-3-1-2-8-7(9)4-5-13-11(8)14-6-10(15)16/h1-5H,6H2,(H,13,14)(H,15,16). The molecule has 1 aromatic carbocycles. The number of carbonyl (C=O) groups is 1. The van der Waals surface area contributed by atoms with E-state index in [1.165, 1.54) is 12.3 Å². The van der Waals surface area contributed by atoms with Gasteiger partial charge in [-0.25, -0.2) is 9.37 Å². The Morgan fingerprint density at radius 3 is 2.94 bits per heavy atom. The fraction of sp³-hybridized carbons (Fsp3) is 0.0909. The zero-order valence-corrected chi connectivity index (χ0v) is 8.27. The lowest BCUT2D eigenvalue weighted by molar-refractivity contribution is -0.134. The van der Waals surface area contributed by atoms with Gasteiger partial charge in [-0.2, -0.15) is 0 Å². The Hall–Kier alpha value is -2.17. The summed E-state index contributed by atoms with van der Waals surface area (Å²) < 4.78 is 13.4. The molecule has 2 rings (SSSR count). The molecule has 0 aliphatic carbocycles. The summed E-state index contributed by atoms with van der Waals surface area (Å²) in [6.07, 6.45) is 1.44. The second-order valence-electron chi connectivity index (χ2n) is 3.24. The monoisotopic (exact) mass is 220 g/mol. The summed E-state index contributed by atoms with van der Waals surface area (Å²) in [5.41, 5.74) is 0. The molecule has 4 nitrogen and oxygen atoms in total. The van der Waals surface area contributed by atoms with Gasteiger partial charge in [-0.1, -0.05) is 12.1 Å². The molecule has 1 aromatic heterocycles. The van der Waals surface area contributed by atoms with Crippen molar-refractivity contribution in [1.29, 1.82) is 0 Å². The third-order valence-electron chi connectivity index (χ3n) is 2.16. The van der Waals surface area contributed by atoms with Gasteiger partial charge in [0.2, 0.25) is 0 Å². The molecule has 0 atom stereocenters. The number of carboxylic acids is 1. The number of aliphatic carboxylic acids is 1. The molecular weight excluding hydrogens is 211 g/mol. The predicted octanol–water partition coefficient (Wildman–Crippen LogP) is 1.87. The first-order valence-electron chi connectivity index (χ1n) is 4.67. The topological polar surface area (TPSA) is 62.2 Å². The third kappa shape index (κ3) is 1.93. The summed E-state index contributed by atoms with van der Waals surface area (Å²) in [6, 6.07) is 6.15. The van der Waals surface area contributed by atoms with Crippen LogP contribution in [0.1, 0.15) is 0 Å². The molecule has 0 fully saturated rings. The Labute approximate surface area is 90.7 Å². The van der Waals surface area contributed by atoms with Gasteiger partial charge in [-0.15, -0.1) is 0 Å². The first-order valence-corrected chi connectivity index (χ1v) is 4.67. The van der Waals surface area contributed by atoms with Gasteiger partial charge in [0, 0.05) is 17.0 Å². The normalized spacial score (nSPS) is 10.3. The van der Waals surface area contributed by atoms with Crippen molar-refractivity contribution >= 4 is 22.6 Å². The van der Waals surface area contributed by atoms with Crippen molar-refractivity contribution in [2.75, 3.05) is 11.9 Å². The molecule has 2 N–H and O–H groups in total. The lowest BCUT2D eigenvalue weighted by atomic mass is 10.1. The predicted molar refractivity (Wildman–Crippen MR) is 57.8 cm³/mol. The van der Waals surface area contributed by atoms with E-state index in [9.17, 15) is 9.18 Å². The molecule has 2 aromatic rings. The number of carboxylic acid groups (broad SMARTS) is 1. The van der Waals surface area contributed by atoms with Crippen molar-refractivity contribution in [2.45, 2.75) is 0 Å². The summed E-state index contributed by atoms with van der Waals surface area (Å²) >= 11 is 0. The molecule has 0 radical (unpaired) electrons. The lowest BCUT2D eigenvalue weighted by Crippen LogP contribution is -2.13. The van der Waals surface area contributed by atoms with Crippen LogP contribution in [-0.2, 0) is 4.79 Å². The highest BCUT2D eigenvalue weighted by atomic mass is 19.1. The largest absolute Gasteiger partial charge is 0.480 e. The molecule has 0 amide bonds. The van der Waals surface area contributed by atoms with Gasteiger partial charge in [0.25, 0.3) is 0 Å². The molecule has 0 aliphatic heterocycles. The summed E-state index contributed by atoms with van der Waals surface area (Å²) in [6.45, 7) is -0.247. The van der Waals surface area contributed by atoms with Crippen LogP contribution in [0.3, 0.4) is 0 Å². The van der Waals surface area contributed by atoms with Crippen LogP contribution in [0, 0.1) is 5.82 Å². The molecule has 0 saturated carbocycles.